The molecular weight excluding hydrogens is 380 g/mol. The number of aromatic nitrogens is 2. The molecule has 152 valence electrons. The average molecular weight is 402 g/mol. The minimum Gasteiger partial charge on any atom is -0.463 e. The smallest absolute Gasteiger partial charge is 0.259 e. The first-order valence-electron chi connectivity index (χ1n) is 9.49. The van der Waals surface area contributed by atoms with Gasteiger partial charge < -0.3 is 20.2 Å². The second kappa shape index (κ2) is 7.51. The Morgan fingerprint density at radius 3 is 2.73 bits per heavy atom. The molecule has 0 atom stereocenters. The van der Waals surface area contributed by atoms with Crippen LogP contribution in [0.2, 0.25) is 0 Å². The third kappa shape index (κ3) is 4.10. The number of nitrogens with one attached hydrogen (secondary N) is 1. The molecular formula is C23H22N4O3. The summed E-state index contributed by atoms with van der Waals surface area (Å²) in [6, 6.07) is 14.7. The Kier molecular flexibility index (Phi) is 4.87. The maximum Gasteiger partial charge on any atom is 0.259 e. The van der Waals surface area contributed by atoms with Gasteiger partial charge in [-0.25, -0.2) is 4.98 Å². The summed E-state index contributed by atoms with van der Waals surface area (Å²) in [6.45, 7) is 6.40. The Morgan fingerprint density at radius 2 is 1.97 bits per heavy atom. The highest BCUT2D eigenvalue weighted by molar-refractivity contribution is 6.12. The van der Waals surface area contributed by atoms with Gasteiger partial charge in [-0.15, -0.1) is 0 Å². The fourth-order valence-electron chi connectivity index (χ4n) is 3.04. The van der Waals surface area contributed by atoms with Crippen LogP contribution in [-0.4, -0.2) is 15.9 Å². The highest BCUT2D eigenvalue weighted by Gasteiger charge is 2.17. The van der Waals surface area contributed by atoms with Crippen molar-refractivity contribution >= 4 is 28.5 Å². The van der Waals surface area contributed by atoms with Gasteiger partial charge in [-0.2, -0.15) is 4.98 Å². The van der Waals surface area contributed by atoms with Crippen molar-refractivity contribution in [3.05, 3.63) is 72.1 Å². The summed E-state index contributed by atoms with van der Waals surface area (Å²) in [5.41, 5.74) is 8.43. The zero-order valence-electron chi connectivity index (χ0n) is 17.0. The Balaban J connectivity index is 1.55. The molecule has 0 fully saturated rings. The summed E-state index contributed by atoms with van der Waals surface area (Å²) in [5.74, 6) is 0.725. The van der Waals surface area contributed by atoms with Crippen LogP contribution in [0.1, 0.15) is 36.7 Å². The van der Waals surface area contributed by atoms with Crippen LogP contribution in [0.3, 0.4) is 0 Å². The molecule has 3 N–H and O–H groups in total. The van der Waals surface area contributed by atoms with E-state index in [2.05, 4.69) is 42.1 Å². The first kappa shape index (κ1) is 19.4. The van der Waals surface area contributed by atoms with E-state index in [1.165, 1.54) is 12.5 Å². The zero-order chi connectivity index (χ0) is 21.3. The maximum atomic E-state index is 12.8. The molecule has 4 rings (SSSR count). The van der Waals surface area contributed by atoms with Gasteiger partial charge in [-0.1, -0.05) is 32.9 Å². The van der Waals surface area contributed by atoms with E-state index in [1.807, 2.05) is 18.2 Å². The minimum absolute atomic E-state index is 0.00614. The largest absolute Gasteiger partial charge is 0.463 e. The van der Waals surface area contributed by atoms with E-state index in [4.69, 9.17) is 14.9 Å². The van der Waals surface area contributed by atoms with E-state index in [1.54, 1.807) is 24.3 Å². The van der Waals surface area contributed by atoms with Crippen LogP contribution in [0.15, 0.2) is 65.4 Å². The molecule has 2 heterocycles. The Labute approximate surface area is 173 Å². The van der Waals surface area contributed by atoms with Crippen molar-refractivity contribution < 1.29 is 13.9 Å². The number of nitrogen functional groups attached to an aromatic ring is 1. The monoisotopic (exact) mass is 402 g/mol. The third-order valence-corrected chi connectivity index (χ3v) is 4.65. The second-order valence-corrected chi connectivity index (χ2v) is 7.95. The van der Waals surface area contributed by atoms with Gasteiger partial charge in [0.25, 0.3) is 5.91 Å². The molecule has 7 nitrogen and oxygen atoms in total. The van der Waals surface area contributed by atoms with Gasteiger partial charge in [-0.05, 0) is 35.2 Å². The van der Waals surface area contributed by atoms with Crippen molar-refractivity contribution in [2.45, 2.75) is 26.2 Å². The number of anilines is 2. The number of nitrogens with two attached hydrogens (primary N) is 1. The molecule has 4 aromatic rings. The lowest BCUT2D eigenvalue weighted by molar-refractivity contribution is 0.102. The summed E-state index contributed by atoms with van der Waals surface area (Å²) < 4.78 is 11.3. The van der Waals surface area contributed by atoms with E-state index < -0.39 is 0 Å². The van der Waals surface area contributed by atoms with E-state index >= 15 is 0 Å². The molecule has 0 aliphatic rings. The number of carbonyl (C=O) groups is 1. The first-order chi connectivity index (χ1) is 14.3. The molecule has 0 bridgehead atoms. The van der Waals surface area contributed by atoms with Crippen molar-refractivity contribution in [2.24, 2.45) is 0 Å². The number of ether oxygens (including phenoxy) is 1. The van der Waals surface area contributed by atoms with Crippen LogP contribution in [0.25, 0.3) is 11.0 Å². The van der Waals surface area contributed by atoms with Gasteiger partial charge in [0.05, 0.1) is 5.56 Å². The van der Waals surface area contributed by atoms with Crippen LogP contribution in [0, 0.1) is 0 Å². The molecule has 2 aromatic heterocycles. The molecule has 30 heavy (non-hydrogen) atoms. The first-order valence-corrected chi connectivity index (χ1v) is 9.49. The fraction of sp³-hybridized carbons (Fsp3) is 0.174. The lowest BCUT2D eigenvalue weighted by Crippen LogP contribution is -2.14. The highest BCUT2D eigenvalue weighted by Crippen LogP contribution is 2.29. The van der Waals surface area contributed by atoms with Crippen molar-refractivity contribution in [1.29, 1.82) is 0 Å². The van der Waals surface area contributed by atoms with Crippen LogP contribution < -0.4 is 15.8 Å². The second-order valence-electron chi connectivity index (χ2n) is 7.95. The lowest BCUT2D eigenvalue weighted by Gasteiger charge is -2.19. The predicted octanol–water partition coefficient (Wildman–Crippen LogP) is 5.15. The summed E-state index contributed by atoms with van der Waals surface area (Å²) in [5, 5.41) is 3.64. The quantitative estimate of drug-likeness (QED) is 0.489. The van der Waals surface area contributed by atoms with Crippen LogP contribution in [-0.2, 0) is 5.41 Å². The van der Waals surface area contributed by atoms with Crippen LogP contribution in [0.4, 0.5) is 11.6 Å². The fourth-order valence-corrected chi connectivity index (χ4v) is 3.04. The molecule has 0 unspecified atom stereocenters. The van der Waals surface area contributed by atoms with Crippen molar-refractivity contribution in [3.8, 4) is 11.6 Å². The van der Waals surface area contributed by atoms with E-state index in [0.717, 1.165) is 11.3 Å². The molecule has 1 amide bonds. The van der Waals surface area contributed by atoms with Crippen molar-refractivity contribution in [1.82, 2.24) is 9.97 Å². The highest BCUT2D eigenvalue weighted by atomic mass is 16.5. The number of hydrogen-bond donors (Lipinski definition) is 2. The van der Waals surface area contributed by atoms with Gasteiger partial charge >= 0.3 is 0 Å². The normalized spacial score (nSPS) is 11.4. The topological polar surface area (TPSA) is 103 Å². The van der Waals surface area contributed by atoms with E-state index in [-0.39, 0.29) is 17.3 Å². The van der Waals surface area contributed by atoms with Crippen molar-refractivity contribution in [3.63, 3.8) is 0 Å². The maximum absolute atomic E-state index is 12.8. The van der Waals surface area contributed by atoms with Gasteiger partial charge in [0, 0.05) is 29.4 Å². The average Bonchev–Trinajstić information content (AvgIpc) is 3.11. The van der Waals surface area contributed by atoms with Gasteiger partial charge in [-0.3, -0.25) is 4.79 Å². The van der Waals surface area contributed by atoms with Gasteiger partial charge in [0.15, 0.2) is 0 Å². The zero-order valence-corrected chi connectivity index (χ0v) is 17.0. The Hall–Kier alpha value is -3.87. The number of carbonyl (C=O) groups excluding carboxylic acids is 1. The molecule has 2 aromatic carbocycles. The molecule has 0 aliphatic carbocycles. The number of amides is 1. The summed E-state index contributed by atoms with van der Waals surface area (Å²) >= 11 is 0. The van der Waals surface area contributed by atoms with Crippen LogP contribution >= 0.6 is 0 Å². The number of nitrogens with zero attached hydrogens (tertiary/aromatic N) is 2. The number of furan rings is 1. The summed E-state index contributed by atoms with van der Waals surface area (Å²) in [7, 11) is 0. The Bertz CT molecular complexity index is 1220. The molecule has 0 aliphatic heterocycles. The van der Waals surface area contributed by atoms with Crippen molar-refractivity contribution in [2.75, 3.05) is 11.1 Å². The lowest BCUT2D eigenvalue weighted by atomic mass is 9.87. The molecule has 0 radical (unpaired) electrons. The Morgan fingerprint density at radius 1 is 1.13 bits per heavy atom. The number of benzene rings is 2. The van der Waals surface area contributed by atoms with E-state index in [0.29, 0.717) is 28.2 Å². The van der Waals surface area contributed by atoms with Gasteiger partial charge in [0.1, 0.15) is 17.6 Å². The third-order valence-electron chi connectivity index (χ3n) is 4.65. The summed E-state index contributed by atoms with van der Waals surface area (Å²) in [6.07, 6.45) is 2.96. The molecule has 0 spiro atoms. The predicted molar refractivity (Wildman–Crippen MR) is 116 cm³/mol. The molecule has 7 heteroatoms. The van der Waals surface area contributed by atoms with Crippen LogP contribution in [0.5, 0.6) is 11.6 Å². The number of hydrogen-bond acceptors (Lipinski definition) is 6. The molecule has 0 saturated carbocycles. The number of fused-ring (bicyclic) bond motifs is 1. The summed E-state index contributed by atoms with van der Waals surface area (Å²) in [4.78, 5) is 20.7. The van der Waals surface area contributed by atoms with E-state index in [9.17, 15) is 4.79 Å². The minimum atomic E-state index is -0.239. The standard InChI is InChI=1S/C23H22N4O3/c1-23(2,3)14-5-4-6-15(11-14)26-21(28)18-13-29-19-12-16(7-8-17(18)19)30-20-9-10-25-22(24)27-20/h4-13H,1-3H3,(H,26,28)(H2,24,25,27). The molecule has 0 saturated heterocycles. The number of rotatable bonds is 4. The SMILES string of the molecule is CC(C)(C)c1cccc(NC(=O)c2coc3cc(Oc4ccnc(N)n4)ccc23)c1. The van der Waals surface area contributed by atoms with Gasteiger partial charge in [0.2, 0.25) is 11.8 Å².